The van der Waals surface area contributed by atoms with Crippen molar-refractivity contribution in [2.24, 2.45) is 0 Å². The second-order valence-corrected chi connectivity index (χ2v) is 4.49. The number of nitrogens with zero attached hydrogens (tertiary/aromatic N) is 4. The fourth-order valence-electron chi connectivity index (χ4n) is 2.20. The Hall–Kier alpha value is -2.95. The number of benzene rings is 2. The van der Waals surface area contributed by atoms with Gasteiger partial charge in [0.05, 0.1) is 16.7 Å². The topological polar surface area (TPSA) is 59.4 Å². The highest BCUT2D eigenvalue weighted by Crippen LogP contribution is 2.21. The van der Waals surface area contributed by atoms with Gasteiger partial charge in [0.25, 0.3) is 0 Å². The van der Waals surface area contributed by atoms with E-state index in [9.17, 15) is 0 Å². The van der Waals surface area contributed by atoms with Crippen LogP contribution in [0, 0.1) is 0 Å². The maximum Gasteiger partial charge on any atom is 0.138 e. The van der Waals surface area contributed by atoms with Crippen LogP contribution in [0.1, 0.15) is 0 Å². The van der Waals surface area contributed by atoms with Gasteiger partial charge in [-0.15, -0.1) is 0 Å². The Bertz CT molecular complexity index is 811. The molecular formula is C15H11N5. The van der Waals surface area contributed by atoms with Crippen LogP contribution >= 0.6 is 0 Å². The van der Waals surface area contributed by atoms with Crippen LogP contribution in [-0.4, -0.2) is 24.7 Å². The van der Waals surface area contributed by atoms with E-state index in [1.807, 2.05) is 48.5 Å². The average molecular weight is 261 g/mol. The Balaban J connectivity index is 1.75. The molecule has 4 rings (SSSR count). The smallest absolute Gasteiger partial charge is 0.138 e. The van der Waals surface area contributed by atoms with E-state index in [1.54, 1.807) is 11.0 Å². The van der Waals surface area contributed by atoms with Crippen molar-refractivity contribution in [1.82, 2.24) is 24.7 Å². The molecule has 0 amide bonds. The molecule has 0 aliphatic carbocycles. The molecule has 0 aliphatic rings. The van der Waals surface area contributed by atoms with E-state index in [4.69, 9.17) is 0 Å². The summed E-state index contributed by atoms with van der Waals surface area (Å²) in [7, 11) is 0. The first kappa shape index (κ1) is 10.9. The molecule has 2 aromatic heterocycles. The lowest BCUT2D eigenvalue weighted by molar-refractivity contribution is 0.879. The summed E-state index contributed by atoms with van der Waals surface area (Å²) < 4.78 is 1.72. The summed E-state index contributed by atoms with van der Waals surface area (Å²) in [5, 5.41) is 4.11. The van der Waals surface area contributed by atoms with Crippen molar-refractivity contribution in [3.05, 3.63) is 61.2 Å². The van der Waals surface area contributed by atoms with Gasteiger partial charge in [0, 0.05) is 5.56 Å². The highest BCUT2D eigenvalue weighted by molar-refractivity contribution is 5.79. The van der Waals surface area contributed by atoms with Gasteiger partial charge in [-0.1, -0.05) is 12.1 Å². The van der Waals surface area contributed by atoms with Gasteiger partial charge in [-0.05, 0) is 36.4 Å². The van der Waals surface area contributed by atoms with E-state index in [1.165, 1.54) is 6.33 Å². The molecule has 0 radical (unpaired) electrons. The SMILES string of the molecule is c1ccc2[nH]c(-c3ccc(-n4cncn4)cc3)nc2c1. The molecule has 96 valence electrons. The number of imidazole rings is 1. The van der Waals surface area contributed by atoms with Crippen molar-refractivity contribution in [3.8, 4) is 17.1 Å². The summed E-state index contributed by atoms with van der Waals surface area (Å²) in [6.45, 7) is 0. The van der Waals surface area contributed by atoms with Crippen LogP contribution in [0.15, 0.2) is 61.2 Å². The lowest BCUT2D eigenvalue weighted by atomic mass is 10.2. The van der Waals surface area contributed by atoms with Crippen molar-refractivity contribution < 1.29 is 0 Å². The number of rotatable bonds is 2. The highest BCUT2D eigenvalue weighted by Gasteiger charge is 2.05. The van der Waals surface area contributed by atoms with Crippen molar-refractivity contribution in [1.29, 1.82) is 0 Å². The number of fused-ring (bicyclic) bond motifs is 1. The zero-order valence-corrected chi connectivity index (χ0v) is 10.6. The van der Waals surface area contributed by atoms with E-state index in [2.05, 4.69) is 20.1 Å². The van der Waals surface area contributed by atoms with Crippen LogP contribution in [0.5, 0.6) is 0 Å². The standard InChI is InChI=1S/C15H11N5/c1-2-4-14-13(3-1)18-15(19-14)11-5-7-12(8-6-11)20-10-16-9-17-20/h1-10H,(H,18,19). The summed E-state index contributed by atoms with van der Waals surface area (Å²) in [6.07, 6.45) is 3.20. The second-order valence-electron chi connectivity index (χ2n) is 4.49. The minimum Gasteiger partial charge on any atom is -0.338 e. The number of hydrogen-bond donors (Lipinski definition) is 1. The lowest BCUT2D eigenvalue weighted by Crippen LogP contribution is -1.93. The molecule has 0 fully saturated rings. The van der Waals surface area contributed by atoms with Crippen LogP contribution < -0.4 is 0 Å². The van der Waals surface area contributed by atoms with Gasteiger partial charge >= 0.3 is 0 Å². The summed E-state index contributed by atoms with van der Waals surface area (Å²) in [5.74, 6) is 0.872. The normalized spacial score (nSPS) is 11.0. The average Bonchev–Trinajstić information content (AvgIpc) is 3.17. The first-order valence-electron chi connectivity index (χ1n) is 6.30. The summed E-state index contributed by atoms with van der Waals surface area (Å²) in [5.41, 5.74) is 4.04. The maximum atomic E-state index is 4.59. The third-order valence-electron chi connectivity index (χ3n) is 3.21. The van der Waals surface area contributed by atoms with E-state index in [-0.39, 0.29) is 0 Å². The van der Waals surface area contributed by atoms with Crippen LogP contribution in [-0.2, 0) is 0 Å². The Morgan fingerprint density at radius 1 is 0.950 bits per heavy atom. The van der Waals surface area contributed by atoms with Gasteiger partial charge in [-0.25, -0.2) is 14.6 Å². The van der Waals surface area contributed by atoms with Crippen molar-refractivity contribution in [3.63, 3.8) is 0 Å². The third kappa shape index (κ3) is 1.76. The number of hydrogen-bond acceptors (Lipinski definition) is 3. The van der Waals surface area contributed by atoms with Gasteiger partial charge in [0.1, 0.15) is 18.5 Å². The predicted molar refractivity (Wildman–Crippen MR) is 76.4 cm³/mol. The van der Waals surface area contributed by atoms with E-state index in [0.29, 0.717) is 0 Å². The zero-order chi connectivity index (χ0) is 13.4. The molecule has 0 atom stereocenters. The number of aromatic nitrogens is 5. The molecule has 0 spiro atoms. The fourth-order valence-corrected chi connectivity index (χ4v) is 2.20. The van der Waals surface area contributed by atoms with Crippen LogP contribution in [0.3, 0.4) is 0 Å². The molecule has 5 heteroatoms. The highest BCUT2D eigenvalue weighted by atomic mass is 15.3. The summed E-state index contributed by atoms with van der Waals surface area (Å²) in [6, 6.07) is 16.0. The molecule has 0 saturated carbocycles. The Morgan fingerprint density at radius 2 is 1.80 bits per heavy atom. The summed E-state index contributed by atoms with van der Waals surface area (Å²) >= 11 is 0. The van der Waals surface area contributed by atoms with Crippen molar-refractivity contribution in [2.45, 2.75) is 0 Å². The largest absolute Gasteiger partial charge is 0.338 e. The van der Waals surface area contributed by atoms with E-state index < -0.39 is 0 Å². The molecular weight excluding hydrogens is 250 g/mol. The predicted octanol–water partition coefficient (Wildman–Crippen LogP) is 2.81. The first-order valence-corrected chi connectivity index (χ1v) is 6.30. The van der Waals surface area contributed by atoms with E-state index >= 15 is 0 Å². The van der Waals surface area contributed by atoms with Gasteiger partial charge in [0.15, 0.2) is 0 Å². The minimum absolute atomic E-state index is 0.872. The maximum absolute atomic E-state index is 4.59. The molecule has 0 bridgehead atoms. The Morgan fingerprint density at radius 3 is 2.55 bits per heavy atom. The molecule has 4 aromatic rings. The molecule has 2 heterocycles. The van der Waals surface area contributed by atoms with Crippen molar-refractivity contribution >= 4 is 11.0 Å². The van der Waals surface area contributed by atoms with Crippen LogP contribution in [0.4, 0.5) is 0 Å². The van der Waals surface area contributed by atoms with Gasteiger partial charge in [-0.3, -0.25) is 0 Å². The number of H-pyrrole nitrogens is 1. The molecule has 20 heavy (non-hydrogen) atoms. The summed E-state index contributed by atoms with van der Waals surface area (Å²) in [4.78, 5) is 11.8. The lowest BCUT2D eigenvalue weighted by Gasteiger charge is -2.01. The zero-order valence-electron chi connectivity index (χ0n) is 10.6. The minimum atomic E-state index is 0.872. The molecule has 0 aliphatic heterocycles. The molecule has 2 aromatic carbocycles. The van der Waals surface area contributed by atoms with Gasteiger partial charge in [0.2, 0.25) is 0 Å². The molecule has 1 N–H and O–H groups in total. The third-order valence-corrected chi connectivity index (χ3v) is 3.21. The number of para-hydroxylation sites is 2. The van der Waals surface area contributed by atoms with Gasteiger partial charge in [-0.2, -0.15) is 5.10 Å². The second kappa shape index (κ2) is 4.31. The molecule has 0 unspecified atom stereocenters. The number of nitrogens with one attached hydrogen (secondary N) is 1. The molecule has 0 saturated heterocycles. The Labute approximate surface area is 114 Å². The molecule has 5 nitrogen and oxygen atoms in total. The first-order chi connectivity index (χ1) is 9.90. The van der Waals surface area contributed by atoms with Gasteiger partial charge < -0.3 is 4.98 Å². The van der Waals surface area contributed by atoms with E-state index in [0.717, 1.165) is 28.1 Å². The quantitative estimate of drug-likeness (QED) is 0.603. The van der Waals surface area contributed by atoms with Crippen molar-refractivity contribution in [2.75, 3.05) is 0 Å². The fraction of sp³-hybridized carbons (Fsp3) is 0. The van der Waals surface area contributed by atoms with Crippen LogP contribution in [0.25, 0.3) is 28.1 Å². The Kier molecular flexibility index (Phi) is 2.35. The monoisotopic (exact) mass is 261 g/mol. The van der Waals surface area contributed by atoms with Crippen LogP contribution in [0.2, 0.25) is 0 Å². The number of aromatic amines is 1.